The molecule has 2 radical (unpaired) electrons. The van der Waals surface area contributed by atoms with Crippen LogP contribution in [0.3, 0.4) is 0 Å². The minimum absolute atomic E-state index is 0.139. The monoisotopic (exact) mass is 824 g/mol. The Kier molecular flexibility index (Phi) is 18.4. The Bertz CT molecular complexity index is 1760. The summed E-state index contributed by atoms with van der Waals surface area (Å²) in [5.41, 5.74) is 11.6. The number of halogens is 2. The van der Waals surface area contributed by atoms with Crippen LogP contribution in [0.1, 0.15) is 103 Å². The molecule has 0 fully saturated rings. The average Bonchev–Trinajstić information content (AvgIpc) is 3.74. The van der Waals surface area contributed by atoms with E-state index in [1.165, 1.54) is 105 Å². The van der Waals surface area contributed by atoms with E-state index < -0.39 is 20.8 Å². The number of rotatable bonds is 8. The minimum atomic E-state index is -0.826. The van der Waals surface area contributed by atoms with Gasteiger partial charge < -0.3 is 0 Å². The fourth-order valence-corrected chi connectivity index (χ4v) is 6.82. The third-order valence-corrected chi connectivity index (χ3v) is 9.28. The van der Waals surface area contributed by atoms with Crippen LogP contribution in [0.15, 0.2) is 109 Å². The summed E-state index contributed by atoms with van der Waals surface area (Å²) in [6, 6.07) is 40.6. The van der Waals surface area contributed by atoms with Gasteiger partial charge in [0.05, 0.1) is 0 Å². The fraction of sp³-hybridized carbons (Fsp3) is 0.375. The third kappa shape index (κ3) is 12.4. The van der Waals surface area contributed by atoms with Crippen molar-refractivity contribution in [3.8, 4) is 22.3 Å². The van der Waals surface area contributed by atoms with Gasteiger partial charge in [0.1, 0.15) is 0 Å². The number of aryl methyl sites for hydroxylation is 2. The molecular weight excluding hydrogens is 767 g/mol. The Morgan fingerprint density at radius 3 is 1.17 bits per heavy atom. The molecule has 0 unspecified atom stereocenters. The number of hydrogen-bond donors (Lipinski definition) is 0. The Morgan fingerprint density at radius 1 is 0.558 bits per heavy atom. The normalized spacial score (nSPS) is 11.2. The van der Waals surface area contributed by atoms with Gasteiger partial charge in [-0.2, -0.15) is 12.1 Å². The Labute approximate surface area is 338 Å². The summed E-state index contributed by atoms with van der Waals surface area (Å²) in [6.45, 7) is 22.7. The third-order valence-electron chi connectivity index (χ3n) is 9.28. The standard InChI is InChI=1S/2C23H27.C2H6Si.2ClH.Zr/c2*1-5-6-10-17-15-19-13-14-21(23(2,3)4)22(20(19)16-17)18-11-8-7-9-12-18;1-3-2;;;/h2*7-9,11-16H,5-6,10H2,1-4H3;1-2H3;2*1H;/q2*-1;;;;+4/p-2. The predicted octanol–water partition coefficient (Wildman–Crippen LogP) is 15.9. The summed E-state index contributed by atoms with van der Waals surface area (Å²) >= 11 is -0.826. The van der Waals surface area contributed by atoms with E-state index in [4.69, 9.17) is 17.0 Å². The summed E-state index contributed by atoms with van der Waals surface area (Å²) < 4.78 is 0. The van der Waals surface area contributed by atoms with Crippen LogP contribution in [-0.4, -0.2) is 9.52 Å². The van der Waals surface area contributed by atoms with Gasteiger partial charge in [-0.05, 0) is 34.8 Å². The zero-order valence-corrected chi connectivity index (χ0v) is 38.4. The van der Waals surface area contributed by atoms with E-state index in [-0.39, 0.29) is 10.8 Å². The first-order chi connectivity index (χ1) is 24.8. The van der Waals surface area contributed by atoms with Crippen molar-refractivity contribution in [2.75, 3.05) is 0 Å². The van der Waals surface area contributed by atoms with Crippen molar-refractivity contribution in [1.29, 1.82) is 0 Å². The van der Waals surface area contributed by atoms with Crippen LogP contribution in [0.2, 0.25) is 13.1 Å². The Hall–Kier alpha value is -2.22. The molecule has 0 aliphatic carbocycles. The fourth-order valence-electron chi connectivity index (χ4n) is 6.82. The van der Waals surface area contributed by atoms with Gasteiger partial charge in [-0.15, -0.1) is 69.1 Å². The first kappa shape index (κ1) is 44.2. The maximum atomic E-state index is 4.93. The van der Waals surface area contributed by atoms with Gasteiger partial charge in [0.25, 0.3) is 0 Å². The molecule has 274 valence electrons. The molecule has 0 aromatic heterocycles. The van der Waals surface area contributed by atoms with Gasteiger partial charge >= 0.3 is 37.9 Å². The molecule has 0 saturated carbocycles. The molecular formula is C48H60Cl2SiZr. The SMILES string of the molecule is CCCCc1cc2c(-c3ccccc3)c(C(C)(C)C)ccc2[cH-]1.CCCCc1cc2c(-c3ccccc3)c(C(C)(C)C)ccc2[cH-]1.C[Si]C.[Cl][Zr+2][Cl]. The zero-order valence-electron chi connectivity index (χ0n) is 33.4. The molecule has 0 aliphatic rings. The molecule has 0 amide bonds. The van der Waals surface area contributed by atoms with Gasteiger partial charge in [-0.1, -0.05) is 177 Å². The molecule has 6 aromatic carbocycles. The summed E-state index contributed by atoms with van der Waals surface area (Å²) in [5, 5.41) is 5.58. The van der Waals surface area contributed by atoms with Crippen LogP contribution in [0.4, 0.5) is 0 Å². The van der Waals surface area contributed by atoms with Crippen molar-refractivity contribution in [3.05, 3.63) is 131 Å². The van der Waals surface area contributed by atoms with Crippen molar-refractivity contribution in [3.63, 3.8) is 0 Å². The second-order valence-electron chi connectivity index (χ2n) is 15.7. The molecule has 6 rings (SSSR count). The Balaban J connectivity index is 0.000000244. The van der Waals surface area contributed by atoms with Gasteiger partial charge in [0.2, 0.25) is 0 Å². The van der Waals surface area contributed by atoms with Crippen LogP contribution in [0.25, 0.3) is 43.8 Å². The van der Waals surface area contributed by atoms with Crippen LogP contribution < -0.4 is 0 Å². The molecule has 0 spiro atoms. The second-order valence-corrected chi connectivity index (χ2v) is 20.5. The Morgan fingerprint density at radius 2 is 0.885 bits per heavy atom. The quantitative estimate of drug-likeness (QED) is 0.106. The van der Waals surface area contributed by atoms with Crippen molar-refractivity contribution >= 4 is 48.1 Å². The van der Waals surface area contributed by atoms with Gasteiger partial charge in [0.15, 0.2) is 0 Å². The molecule has 4 heteroatoms. The first-order valence-corrected chi connectivity index (χ1v) is 27.3. The number of benzene rings is 4. The molecule has 0 nitrogen and oxygen atoms in total. The van der Waals surface area contributed by atoms with E-state index in [1.54, 1.807) is 0 Å². The molecule has 52 heavy (non-hydrogen) atoms. The van der Waals surface area contributed by atoms with Gasteiger partial charge in [-0.25, -0.2) is 0 Å². The number of unbranched alkanes of at least 4 members (excludes halogenated alkanes) is 2. The van der Waals surface area contributed by atoms with Gasteiger partial charge in [0, 0.05) is 9.52 Å². The van der Waals surface area contributed by atoms with Crippen LogP contribution >= 0.6 is 17.0 Å². The molecule has 0 bridgehead atoms. The van der Waals surface area contributed by atoms with E-state index in [0.29, 0.717) is 0 Å². The van der Waals surface area contributed by atoms with Crippen LogP contribution in [-0.2, 0) is 44.5 Å². The first-order valence-electron chi connectivity index (χ1n) is 19.0. The molecule has 6 aromatic rings. The van der Waals surface area contributed by atoms with E-state index in [0.717, 1.165) is 9.52 Å². The van der Waals surface area contributed by atoms with Crippen molar-refractivity contribution < 1.29 is 20.8 Å². The second kappa shape index (κ2) is 21.6. The zero-order chi connectivity index (χ0) is 38.3. The molecule has 0 aliphatic heterocycles. The summed E-state index contributed by atoms with van der Waals surface area (Å²) in [4.78, 5) is 0. The van der Waals surface area contributed by atoms with Crippen molar-refractivity contribution in [2.24, 2.45) is 0 Å². The number of fused-ring (bicyclic) bond motifs is 2. The average molecular weight is 827 g/mol. The van der Waals surface area contributed by atoms with E-state index in [2.05, 4.69) is 178 Å². The van der Waals surface area contributed by atoms with Gasteiger partial charge in [-0.3, -0.25) is 0 Å². The predicted molar refractivity (Wildman–Crippen MR) is 234 cm³/mol. The molecule has 0 N–H and O–H groups in total. The molecule has 0 atom stereocenters. The van der Waals surface area contributed by atoms with Crippen molar-refractivity contribution in [1.82, 2.24) is 0 Å². The van der Waals surface area contributed by atoms with E-state index in [1.807, 2.05) is 0 Å². The topological polar surface area (TPSA) is 0 Å². The van der Waals surface area contributed by atoms with Crippen LogP contribution in [0.5, 0.6) is 0 Å². The van der Waals surface area contributed by atoms with Crippen LogP contribution in [0, 0.1) is 0 Å². The number of hydrogen-bond acceptors (Lipinski definition) is 0. The van der Waals surface area contributed by atoms with E-state index in [9.17, 15) is 0 Å². The maximum absolute atomic E-state index is 4.93. The van der Waals surface area contributed by atoms with E-state index >= 15 is 0 Å². The van der Waals surface area contributed by atoms with Crippen molar-refractivity contribution in [2.45, 2.75) is 118 Å². The summed E-state index contributed by atoms with van der Waals surface area (Å²) in [6.07, 6.45) is 7.40. The summed E-state index contributed by atoms with van der Waals surface area (Å²) in [5.74, 6) is 0. The molecule has 0 heterocycles. The summed E-state index contributed by atoms with van der Waals surface area (Å²) in [7, 11) is 11.0. The molecule has 0 saturated heterocycles.